The lowest BCUT2D eigenvalue weighted by Crippen LogP contribution is -2.00. The summed E-state index contributed by atoms with van der Waals surface area (Å²) in [5.41, 5.74) is 1.88. The summed E-state index contributed by atoms with van der Waals surface area (Å²) in [5, 5.41) is 7.23. The molecule has 0 aliphatic carbocycles. The summed E-state index contributed by atoms with van der Waals surface area (Å²) in [7, 11) is 0. The largest absolute Gasteiger partial charge is 0.493 e. The normalized spacial score (nSPS) is 10.5. The summed E-state index contributed by atoms with van der Waals surface area (Å²) >= 11 is 5.37. The van der Waals surface area contributed by atoms with Gasteiger partial charge in [-0.1, -0.05) is 30.3 Å². The van der Waals surface area contributed by atoms with Gasteiger partial charge in [0.15, 0.2) is 10.6 Å². The molecule has 0 saturated carbocycles. The quantitative estimate of drug-likeness (QED) is 0.740. The van der Waals surface area contributed by atoms with Crippen LogP contribution in [-0.4, -0.2) is 21.4 Å². The van der Waals surface area contributed by atoms with Gasteiger partial charge in [-0.2, -0.15) is 5.10 Å². The van der Waals surface area contributed by atoms with Crippen molar-refractivity contribution in [3.8, 4) is 22.8 Å². The molecular weight excluding hydrogens is 282 g/mol. The molecule has 1 N–H and O–H groups in total. The second-order valence-electron chi connectivity index (χ2n) is 4.45. The van der Waals surface area contributed by atoms with Crippen LogP contribution in [-0.2, 0) is 0 Å². The fourth-order valence-electron chi connectivity index (χ4n) is 2.23. The molecule has 0 spiro atoms. The highest BCUT2D eigenvalue weighted by Gasteiger charge is 2.14. The molecule has 106 valence electrons. The van der Waals surface area contributed by atoms with Crippen LogP contribution in [0.3, 0.4) is 0 Å². The van der Waals surface area contributed by atoms with Gasteiger partial charge in [-0.15, -0.1) is 0 Å². The fourth-order valence-corrected chi connectivity index (χ4v) is 2.46. The summed E-state index contributed by atoms with van der Waals surface area (Å²) in [4.78, 5) is 0. The van der Waals surface area contributed by atoms with Crippen LogP contribution in [0, 0.1) is 4.77 Å². The van der Waals surface area contributed by atoms with Crippen LogP contribution in [0.5, 0.6) is 5.75 Å². The minimum Gasteiger partial charge on any atom is -0.493 e. The predicted molar refractivity (Wildman–Crippen MR) is 85.4 cm³/mol. The van der Waals surface area contributed by atoms with Gasteiger partial charge in [0.2, 0.25) is 0 Å². The molecule has 0 unspecified atom stereocenters. The van der Waals surface area contributed by atoms with Crippen LogP contribution >= 0.6 is 12.2 Å². The van der Waals surface area contributed by atoms with Gasteiger partial charge in [0.25, 0.3) is 0 Å². The van der Waals surface area contributed by atoms with E-state index < -0.39 is 0 Å². The van der Waals surface area contributed by atoms with Crippen molar-refractivity contribution in [1.82, 2.24) is 14.8 Å². The zero-order chi connectivity index (χ0) is 14.7. The van der Waals surface area contributed by atoms with Gasteiger partial charge in [0.1, 0.15) is 5.75 Å². The highest BCUT2D eigenvalue weighted by molar-refractivity contribution is 7.71. The lowest BCUT2D eigenvalue weighted by molar-refractivity contribution is 0.341. The number of hydrogen-bond donors (Lipinski definition) is 1. The molecule has 0 bridgehead atoms. The van der Waals surface area contributed by atoms with Crippen LogP contribution in [0.25, 0.3) is 17.1 Å². The molecule has 4 nitrogen and oxygen atoms in total. The second kappa shape index (κ2) is 5.93. The van der Waals surface area contributed by atoms with Crippen molar-refractivity contribution in [2.24, 2.45) is 0 Å². The predicted octanol–water partition coefficient (Wildman–Crippen LogP) is 4.00. The molecule has 3 rings (SSSR count). The maximum Gasteiger partial charge on any atom is 0.200 e. The maximum absolute atomic E-state index is 5.69. The van der Waals surface area contributed by atoms with Crippen LogP contribution in [0.4, 0.5) is 0 Å². The van der Waals surface area contributed by atoms with Crippen molar-refractivity contribution >= 4 is 12.2 Å². The van der Waals surface area contributed by atoms with Gasteiger partial charge >= 0.3 is 0 Å². The van der Waals surface area contributed by atoms with E-state index in [-0.39, 0.29) is 0 Å². The molecule has 0 aliphatic heterocycles. The van der Waals surface area contributed by atoms with E-state index >= 15 is 0 Å². The Hall–Kier alpha value is -2.40. The average Bonchev–Trinajstić information content (AvgIpc) is 2.91. The Labute approximate surface area is 128 Å². The number of benzene rings is 2. The average molecular weight is 297 g/mol. The third-order valence-corrected chi connectivity index (χ3v) is 3.39. The number of aromatic amines is 1. The molecule has 1 heterocycles. The van der Waals surface area contributed by atoms with Gasteiger partial charge in [0.05, 0.1) is 12.2 Å². The zero-order valence-electron chi connectivity index (χ0n) is 11.6. The smallest absolute Gasteiger partial charge is 0.200 e. The lowest BCUT2D eigenvalue weighted by Gasteiger charge is -2.11. The van der Waals surface area contributed by atoms with E-state index in [4.69, 9.17) is 17.0 Å². The van der Waals surface area contributed by atoms with E-state index in [1.165, 1.54) is 0 Å². The van der Waals surface area contributed by atoms with Crippen molar-refractivity contribution in [2.75, 3.05) is 6.61 Å². The zero-order valence-corrected chi connectivity index (χ0v) is 12.4. The molecular formula is C16H15N3OS. The van der Waals surface area contributed by atoms with Crippen LogP contribution < -0.4 is 4.74 Å². The first-order valence-electron chi connectivity index (χ1n) is 6.76. The van der Waals surface area contributed by atoms with Gasteiger partial charge in [-0.3, -0.25) is 9.67 Å². The molecule has 1 aromatic heterocycles. The Morgan fingerprint density at radius 3 is 2.57 bits per heavy atom. The van der Waals surface area contributed by atoms with E-state index in [1.54, 1.807) is 0 Å². The highest BCUT2D eigenvalue weighted by Crippen LogP contribution is 2.30. The molecule has 21 heavy (non-hydrogen) atoms. The fraction of sp³-hybridized carbons (Fsp3) is 0.125. The molecule has 0 radical (unpaired) electrons. The summed E-state index contributed by atoms with van der Waals surface area (Å²) in [6, 6.07) is 17.7. The van der Waals surface area contributed by atoms with Crippen molar-refractivity contribution < 1.29 is 4.74 Å². The monoisotopic (exact) mass is 297 g/mol. The van der Waals surface area contributed by atoms with Crippen molar-refractivity contribution in [2.45, 2.75) is 6.92 Å². The van der Waals surface area contributed by atoms with Gasteiger partial charge in [0, 0.05) is 5.69 Å². The molecule has 0 saturated heterocycles. The van der Waals surface area contributed by atoms with Crippen LogP contribution in [0.1, 0.15) is 6.92 Å². The maximum atomic E-state index is 5.69. The van der Waals surface area contributed by atoms with Gasteiger partial charge in [-0.25, -0.2) is 0 Å². The molecule has 2 aromatic carbocycles. The summed E-state index contributed by atoms with van der Waals surface area (Å²) < 4.78 is 8.16. The summed E-state index contributed by atoms with van der Waals surface area (Å²) in [5.74, 6) is 1.54. The number of rotatable bonds is 4. The SMILES string of the molecule is CCOc1ccccc1-c1n[nH]c(=S)n1-c1ccccc1. The van der Waals surface area contributed by atoms with E-state index in [1.807, 2.05) is 66.1 Å². The Bertz CT molecular complexity index is 793. The molecule has 0 amide bonds. The standard InChI is InChI=1S/C16H15N3OS/c1-2-20-14-11-7-6-10-13(14)15-17-18-16(21)19(15)12-8-4-3-5-9-12/h3-11H,2H2,1H3,(H,18,21). The third kappa shape index (κ3) is 2.60. The number of nitrogens with one attached hydrogen (secondary N) is 1. The van der Waals surface area contributed by atoms with Crippen LogP contribution in [0.2, 0.25) is 0 Å². The van der Waals surface area contributed by atoms with Gasteiger partial charge in [-0.05, 0) is 43.4 Å². The molecule has 0 fully saturated rings. The summed E-state index contributed by atoms with van der Waals surface area (Å²) in [6.45, 7) is 2.57. The van der Waals surface area contributed by atoms with Crippen molar-refractivity contribution in [3.05, 3.63) is 59.4 Å². The molecule has 3 aromatic rings. The third-order valence-electron chi connectivity index (χ3n) is 3.11. The first-order chi connectivity index (χ1) is 10.3. The number of para-hydroxylation sites is 2. The Morgan fingerprint density at radius 2 is 1.81 bits per heavy atom. The number of ether oxygens (including phenoxy) is 1. The van der Waals surface area contributed by atoms with E-state index in [9.17, 15) is 0 Å². The Balaban J connectivity index is 2.20. The minimum atomic E-state index is 0.558. The highest BCUT2D eigenvalue weighted by atomic mass is 32.1. The van der Waals surface area contributed by atoms with E-state index in [2.05, 4.69) is 10.2 Å². The first kappa shape index (κ1) is 13.6. The topological polar surface area (TPSA) is 42.8 Å². The molecule has 0 atom stereocenters. The van der Waals surface area contributed by atoms with Crippen molar-refractivity contribution in [3.63, 3.8) is 0 Å². The summed E-state index contributed by atoms with van der Waals surface area (Å²) in [6.07, 6.45) is 0. The number of aromatic nitrogens is 3. The number of nitrogens with zero attached hydrogens (tertiary/aromatic N) is 2. The van der Waals surface area contributed by atoms with Gasteiger partial charge < -0.3 is 4.74 Å². The molecule has 0 aliphatic rings. The first-order valence-corrected chi connectivity index (χ1v) is 7.17. The van der Waals surface area contributed by atoms with E-state index in [0.717, 1.165) is 22.8 Å². The van der Waals surface area contributed by atoms with Crippen LogP contribution in [0.15, 0.2) is 54.6 Å². The van der Waals surface area contributed by atoms with Crippen molar-refractivity contribution in [1.29, 1.82) is 0 Å². The van der Waals surface area contributed by atoms with E-state index in [0.29, 0.717) is 11.4 Å². The Kier molecular flexibility index (Phi) is 3.83. The number of hydrogen-bond acceptors (Lipinski definition) is 3. The second-order valence-corrected chi connectivity index (χ2v) is 4.84. The number of H-pyrrole nitrogens is 1. The Morgan fingerprint density at radius 1 is 1.10 bits per heavy atom. The lowest BCUT2D eigenvalue weighted by atomic mass is 10.2. The molecule has 5 heteroatoms. The minimum absolute atomic E-state index is 0.558.